The maximum atomic E-state index is 9.53. The number of morpholine rings is 1. The van der Waals surface area contributed by atoms with Gasteiger partial charge in [0.15, 0.2) is 0 Å². The highest BCUT2D eigenvalue weighted by molar-refractivity contribution is 5.31. The number of hydrogen-bond donors (Lipinski definition) is 1. The molecule has 1 saturated heterocycles. The van der Waals surface area contributed by atoms with E-state index in [-0.39, 0.29) is 18.8 Å². The van der Waals surface area contributed by atoms with Crippen molar-refractivity contribution in [1.29, 1.82) is 0 Å². The molecule has 1 fully saturated rings. The van der Waals surface area contributed by atoms with Gasteiger partial charge in [-0.3, -0.25) is 4.90 Å². The summed E-state index contributed by atoms with van der Waals surface area (Å²) in [7, 11) is 1.64. The molecule has 134 valence electrons. The molecule has 0 aromatic heterocycles. The minimum absolute atomic E-state index is 0.0182. The monoisotopic (exact) mass is 343 g/mol. The average Bonchev–Trinajstić information content (AvgIpc) is 2.67. The van der Waals surface area contributed by atoms with Crippen molar-refractivity contribution < 1.29 is 19.3 Å². The predicted molar refractivity (Wildman–Crippen MR) is 96.0 cm³/mol. The molecule has 2 aromatic carbocycles. The molecule has 1 aliphatic rings. The van der Waals surface area contributed by atoms with Crippen molar-refractivity contribution in [3.05, 3.63) is 60.2 Å². The summed E-state index contributed by atoms with van der Waals surface area (Å²) in [6.07, 6.45) is -0.251. The Morgan fingerprint density at radius 3 is 2.36 bits per heavy atom. The highest BCUT2D eigenvalue weighted by Gasteiger charge is 2.27. The number of aliphatic hydroxyl groups excluding tert-OH is 1. The van der Waals surface area contributed by atoms with Crippen molar-refractivity contribution in [3.63, 3.8) is 0 Å². The molecule has 2 aromatic rings. The molecule has 0 radical (unpaired) electrons. The van der Waals surface area contributed by atoms with Crippen LogP contribution in [0.2, 0.25) is 0 Å². The van der Waals surface area contributed by atoms with Crippen LogP contribution in [0.1, 0.15) is 5.56 Å². The first-order chi connectivity index (χ1) is 12.3. The van der Waals surface area contributed by atoms with E-state index in [1.54, 1.807) is 7.11 Å². The van der Waals surface area contributed by atoms with E-state index in [1.807, 2.05) is 42.5 Å². The van der Waals surface area contributed by atoms with Crippen LogP contribution in [0.25, 0.3) is 0 Å². The summed E-state index contributed by atoms with van der Waals surface area (Å²) in [6.45, 7) is 2.82. The fourth-order valence-electron chi connectivity index (χ4n) is 3.03. The molecule has 1 aliphatic heterocycles. The number of hydrogen-bond acceptors (Lipinski definition) is 5. The Labute approximate surface area is 148 Å². The second-order valence-corrected chi connectivity index (χ2v) is 6.23. The van der Waals surface area contributed by atoms with Gasteiger partial charge in [-0.2, -0.15) is 0 Å². The van der Waals surface area contributed by atoms with Crippen LogP contribution < -0.4 is 9.47 Å². The average molecular weight is 343 g/mol. The van der Waals surface area contributed by atoms with E-state index in [0.29, 0.717) is 6.61 Å². The van der Waals surface area contributed by atoms with Crippen LogP contribution in [0, 0.1) is 0 Å². The smallest absolute Gasteiger partial charge is 0.119 e. The molecular formula is C20H25NO4. The van der Waals surface area contributed by atoms with Crippen molar-refractivity contribution in [2.24, 2.45) is 0 Å². The van der Waals surface area contributed by atoms with Gasteiger partial charge in [0, 0.05) is 19.6 Å². The third-order valence-corrected chi connectivity index (χ3v) is 4.26. The molecule has 5 heteroatoms. The third-order valence-electron chi connectivity index (χ3n) is 4.26. The molecular weight excluding hydrogens is 318 g/mol. The molecule has 1 heterocycles. The predicted octanol–water partition coefficient (Wildman–Crippen LogP) is 2.34. The summed E-state index contributed by atoms with van der Waals surface area (Å²) in [6, 6.07) is 17.8. The fraction of sp³-hybridized carbons (Fsp3) is 0.400. The minimum atomic E-state index is -0.179. The maximum absolute atomic E-state index is 9.53. The lowest BCUT2D eigenvalue weighted by Crippen LogP contribution is -2.50. The summed E-state index contributed by atoms with van der Waals surface area (Å²) >= 11 is 0. The van der Waals surface area contributed by atoms with Crippen LogP contribution in [0.3, 0.4) is 0 Å². The molecule has 0 spiro atoms. The first kappa shape index (κ1) is 17.7. The number of nitrogens with zero attached hydrogens (tertiary/aromatic N) is 1. The van der Waals surface area contributed by atoms with E-state index in [0.717, 1.165) is 31.1 Å². The second-order valence-electron chi connectivity index (χ2n) is 6.23. The first-order valence-corrected chi connectivity index (χ1v) is 8.56. The van der Waals surface area contributed by atoms with Crippen LogP contribution in [-0.2, 0) is 11.3 Å². The quantitative estimate of drug-likeness (QED) is 0.836. The van der Waals surface area contributed by atoms with E-state index in [9.17, 15) is 5.11 Å². The molecule has 0 saturated carbocycles. The molecule has 0 bridgehead atoms. The van der Waals surface area contributed by atoms with Crippen LogP contribution in [-0.4, -0.2) is 55.6 Å². The zero-order valence-corrected chi connectivity index (χ0v) is 14.5. The zero-order chi connectivity index (χ0) is 17.5. The van der Waals surface area contributed by atoms with Crippen LogP contribution >= 0.6 is 0 Å². The Bertz CT molecular complexity index is 632. The molecule has 0 amide bonds. The number of benzene rings is 2. The number of methoxy groups -OCH3 is 1. The van der Waals surface area contributed by atoms with Crippen LogP contribution in [0.4, 0.5) is 0 Å². The van der Waals surface area contributed by atoms with Crippen molar-refractivity contribution in [2.45, 2.75) is 18.8 Å². The van der Waals surface area contributed by atoms with Crippen molar-refractivity contribution >= 4 is 0 Å². The molecule has 1 N–H and O–H groups in total. The van der Waals surface area contributed by atoms with Gasteiger partial charge in [0.1, 0.15) is 24.2 Å². The van der Waals surface area contributed by atoms with E-state index in [4.69, 9.17) is 14.2 Å². The van der Waals surface area contributed by atoms with Gasteiger partial charge in [-0.25, -0.2) is 0 Å². The number of aliphatic hydroxyl groups is 1. The molecule has 5 nitrogen and oxygen atoms in total. The summed E-state index contributed by atoms with van der Waals surface area (Å²) in [4.78, 5) is 2.31. The van der Waals surface area contributed by atoms with E-state index < -0.39 is 0 Å². The lowest BCUT2D eigenvalue weighted by atomic mass is 10.1. The van der Waals surface area contributed by atoms with E-state index >= 15 is 0 Å². The van der Waals surface area contributed by atoms with Gasteiger partial charge in [-0.05, 0) is 29.8 Å². The van der Waals surface area contributed by atoms with Gasteiger partial charge < -0.3 is 19.3 Å². The highest BCUT2D eigenvalue weighted by Crippen LogP contribution is 2.19. The fourth-order valence-corrected chi connectivity index (χ4v) is 3.03. The molecule has 0 aliphatic carbocycles. The Hall–Kier alpha value is -2.08. The SMILES string of the molecule is COc1ccc(OCC2CN(Cc3ccccc3)CC(CO)O2)cc1. The van der Waals surface area contributed by atoms with Gasteiger partial charge in [0.25, 0.3) is 0 Å². The van der Waals surface area contributed by atoms with Crippen molar-refractivity contribution in [3.8, 4) is 11.5 Å². The summed E-state index contributed by atoms with van der Waals surface area (Å²) in [5.41, 5.74) is 1.26. The molecule has 3 rings (SSSR count). The van der Waals surface area contributed by atoms with Crippen molar-refractivity contribution in [2.75, 3.05) is 33.4 Å². The Morgan fingerprint density at radius 1 is 1.00 bits per heavy atom. The minimum Gasteiger partial charge on any atom is -0.497 e. The van der Waals surface area contributed by atoms with Gasteiger partial charge in [-0.1, -0.05) is 30.3 Å². The number of rotatable bonds is 7. The Kier molecular flexibility index (Phi) is 6.28. The zero-order valence-electron chi connectivity index (χ0n) is 14.5. The summed E-state index contributed by atoms with van der Waals surface area (Å²) in [5, 5.41) is 9.53. The normalized spacial score (nSPS) is 21.0. The topological polar surface area (TPSA) is 51.2 Å². The van der Waals surface area contributed by atoms with Crippen LogP contribution in [0.15, 0.2) is 54.6 Å². The first-order valence-electron chi connectivity index (χ1n) is 8.56. The Balaban J connectivity index is 1.56. The van der Waals surface area contributed by atoms with Gasteiger partial charge in [-0.15, -0.1) is 0 Å². The number of ether oxygens (including phenoxy) is 3. The van der Waals surface area contributed by atoms with E-state index in [2.05, 4.69) is 17.0 Å². The summed E-state index contributed by atoms with van der Waals surface area (Å²) < 4.78 is 16.9. The summed E-state index contributed by atoms with van der Waals surface area (Å²) in [5.74, 6) is 1.58. The largest absolute Gasteiger partial charge is 0.497 e. The van der Waals surface area contributed by atoms with Crippen LogP contribution in [0.5, 0.6) is 11.5 Å². The van der Waals surface area contributed by atoms with Gasteiger partial charge >= 0.3 is 0 Å². The Morgan fingerprint density at radius 2 is 1.68 bits per heavy atom. The highest BCUT2D eigenvalue weighted by atomic mass is 16.5. The maximum Gasteiger partial charge on any atom is 0.119 e. The van der Waals surface area contributed by atoms with Crippen molar-refractivity contribution in [1.82, 2.24) is 4.90 Å². The lowest BCUT2D eigenvalue weighted by Gasteiger charge is -2.37. The molecule has 25 heavy (non-hydrogen) atoms. The lowest BCUT2D eigenvalue weighted by molar-refractivity contribution is -0.116. The standard InChI is InChI=1S/C20H25NO4/c1-23-17-7-9-18(10-8-17)24-15-20-13-21(12-19(14-22)25-20)11-16-5-3-2-4-6-16/h2-10,19-20,22H,11-15H2,1H3. The molecule has 2 unspecified atom stereocenters. The third kappa shape index (κ3) is 5.19. The van der Waals surface area contributed by atoms with Gasteiger partial charge in [0.2, 0.25) is 0 Å². The molecule has 2 atom stereocenters. The second kappa shape index (κ2) is 8.85. The van der Waals surface area contributed by atoms with Gasteiger partial charge in [0.05, 0.1) is 19.8 Å². The van der Waals surface area contributed by atoms with E-state index in [1.165, 1.54) is 5.56 Å².